The van der Waals surface area contributed by atoms with Crippen LogP contribution in [0.1, 0.15) is 44.9 Å². The molecule has 1 N–H and O–H groups in total. The summed E-state index contributed by atoms with van der Waals surface area (Å²) in [6.07, 6.45) is 9.01. The summed E-state index contributed by atoms with van der Waals surface area (Å²) in [5, 5.41) is 7.84. The number of likely N-dealkylation sites (tertiary alicyclic amines) is 1. The fourth-order valence-electron chi connectivity index (χ4n) is 2.47. The zero-order valence-corrected chi connectivity index (χ0v) is 7.68. The van der Waals surface area contributed by atoms with Crippen molar-refractivity contribution in [1.29, 1.82) is 5.41 Å². The number of hydrogen-bond acceptors (Lipinski definition) is 1. The summed E-state index contributed by atoms with van der Waals surface area (Å²) < 4.78 is 0. The van der Waals surface area contributed by atoms with Gasteiger partial charge in [0.15, 0.2) is 0 Å². The standard InChI is InChI=1S/C10H18N2/c11-10-7-3-4-8-12(10)9-5-1-2-6-9/h9,11H,1-8H2. The third kappa shape index (κ3) is 1.47. The summed E-state index contributed by atoms with van der Waals surface area (Å²) >= 11 is 0. The molecule has 0 amide bonds. The van der Waals surface area contributed by atoms with Crippen LogP contribution < -0.4 is 0 Å². The third-order valence-corrected chi connectivity index (χ3v) is 3.17. The first kappa shape index (κ1) is 8.09. The highest BCUT2D eigenvalue weighted by atomic mass is 15.2. The molecule has 0 atom stereocenters. The predicted octanol–water partition coefficient (Wildman–Crippen LogP) is 2.39. The minimum Gasteiger partial charge on any atom is -0.358 e. The largest absolute Gasteiger partial charge is 0.358 e. The van der Waals surface area contributed by atoms with Crippen LogP contribution in [-0.2, 0) is 0 Å². The van der Waals surface area contributed by atoms with E-state index in [1.165, 1.54) is 38.5 Å². The van der Waals surface area contributed by atoms with Gasteiger partial charge >= 0.3 is 0 Å². The van der Waals surface area contributed by atoms with E-state index in [4.69, 9.17) is 5.41 Å². The Bertz CT molecular complexity index is 171. The normalized spacial score (nSPS) is 26.7. The minimum absolute atomic E-state index is 0.734. The first-order chi connectivity index (χ1) is 5.88. The molecule has 0 unspecified atom stereocenters. The number of piperidine rings is 1. The van der Waals surface area contributed by atoms with Crippen molar-refractivity contribution in [1.82, 2.24) is 4.90 Å². The second kappa shape index (κ2) is 3.46. The lowest BCUT2D eigenvalue weighted by atomic mass is 10.1. The van der Waals surface area contributed by atoms with Crippen LogP contribution in [0.25, 0.3) is 0 Å². The number of nitrogens with zero attached hydrogens (tertiary/aromatic N) is 1. The molecule has 2 nitrogen and oxygen atoms in total. The number of rotatable bonds is 1. The highest BCUT2D eigenvalue weighted by Crippen LogP contribution is 2.26. The summed E-state index contributed by atoms with van der Waals surface area (Å²) in [5.41, 5.74) is 0. The second-order valence-electron chi connectivity index (χ2n) is 4.04. The van der Waals surface area contributed by atoms with E-state index < -0.39 is 0 Å². The van der Waals surface area contributed by atoms with Gasteiger partial charge in [-0.15, -0.1) is 0 Å². The Morgan fingerprint density at radius 2 is 1.83 bits per heavy atom. The van der Waals surface area contributed by atoms with Gasteiger partial charge in [-0.2, -0.15) is 0 Å². The maximum atomic E-state index is 7.84. The highest BCUT2D eigenvalue weighted by Gasteiger charge is 2.25. The van der Waals surface area contributed by atoms with Gasteiger partial charge in [0.25, 0.3) is 0 Å². The first-order valence-corrected chi connectivity index (χ1v) is 5.22. The molecule has 1 saturated heterocycles. The van der Waals surface area contributed by atoms with Gasteiger partial charge in [-0.25, -0.2) is 0 Å². The number of nitrogens with one attached hydrogen (secondary N) is 1. The van der Waals surface area contributed by atoms with Crippen molar-refractivity contribution in [3.8, 4) is 0 Å². The lowest BCUT2D eigenvalue weighted by Crippen LogP contribution is -2.41. The van der Waals surface area contributed by atoms with Gasteiger partial charge in [0.2, 0.25) is 0 Å². The smallest absolute Gasteiger partial charge is 0.0960 e. The Morgan fingerprint density at radius 1 is 1.08 bits per heavy atom. The Labute approximate surface area is 74.5 Å². The molecular weight excluding hydrogens is 148 g/mol. The first-order valence-electron chi connectivity index (χ1n) is 5.22. The maximum Gasteiger partial charge on any atom is 0.0960 e. The number of amidine groups is 1. The van der Waals surface area contributed by atoms with Crippen LogP contribution in [0, 0.1) is 5.41 Å². The number of hydrogen-bond donors (Lipinski definition) is 1. The van der Waals surface area contributed by atoms with Crippen molar-refractivity contribution in [2.75, 3.05) is 6.54 Å². The average Bonchev–Trinajstić information content (AvgIpc) is 2.57. The van der Waals surface area contributed by atoms with E-state index >= 15 is 0 Å². The minimum atomic E-state index is 0.734. The monoisotopic (exact) mass is 166 g/mol. The van der Waals surface area contributed by atoms with Crippen molar-refractivity contribution < 1.29 is 0 Å². The fraction of sp³-hybridized carbons (Fsp3) is 0.900. The van der Waals surface area contributed by atoms with Crippen molar-refractivity contribution in [3.05, 3.63) is 0 Å². The van der Waals surface area contributed by atoms with Crippen molar-refractivity contribution >= 4 is 5.84 Å². The highest BCUT2D eigenvalue weighted by molar-refractivity contribution is 5.80. The SMILES string of the molecule is N=C1CCCCN1C1CCCC1. The Morgan fingerprint density at radius 3 is 2.50 bits per heavy atom. The van der Waals surface area contributed by atoms with Crippen LogP contribution in [0.15, 0.2) is 0 Å². The van der Waals surface area contributed by atoms with Crippen LogP contribution in [-0.4, -0.2) is 23.3 Å². The Kier molecular flexibility index (Phi) is 2.33. The van der Waals surface area contributed by atoms with Crippen molar-refractivity contribution in [3.63, 3.8) is 0 Å². The Hall–Kier alpha value is -0.530. The predicted molar refractivity (Wildman–Crippen MR) is 50.5 cm³/mol. The molecule has 1 heterocycles. The summed E-state index contributed by atoms with van der Waals surface area (Å²) in [5.74, 6) is 0.910. The molecule has 2 rings (SSSR count). The van der Waals surface area contributed by atoms with Gasteiger partial charge in [0, 0.05) is 19.0 Å². The van der Waals surface area contributed by atoms with E-state index in [-0.39, 0.29) is 0 Å². The summed E-state index contributed by atoms with van der Waals surface area (Å²) in [7, 11) is 0. The third-order valence-electron chi connectivity index (χ3n) is 3.17. The summed E-state index contributed by atoms with van der Waals surface area (Å²) in [6, 6.07) is 0.734. The molecule has 0 bridgehead atoms. The quantitative estimate of drug-likeness (QED) is 0.636. The molecule has 0 aromatic carbocycles. The van der Waals surface area contributed by atoms with Crippen LogP contribution in [0.5, 0.6) is 0 Å². The van der Waals surface area contributed by atoms with Crippen LogP contribution >= 0.6 is 0 Å². The van der Waals surface area contributed by atoms with Crippen molar-refractivity contribution in [2.24, 2.45) is 0 Å². The molecule has 2 fully saturated rings. The molecule has 0 spiro atoms. The van der Waals surface area contributed by atoms with E-state index in [0.29, 0.717) is 0 Å². The topological polar surface area (TPSA) is 27.1 Å². The van der Waals surface area contributed by atoms with Gasteiger partial charge in [-0.1, -0.05) is 12.8 Å². The molecule has 2 heteroatoms. The Balaban J connectivity index is 1.95. The molecule has 12 heavy (non-hydrogen) atoms. The lowest BCUT2D eigenvalue weighted by molar-refractivity contribution is 0.282. The molecule has 2 aliphatic rings. The van der Waals surface area contributed by atoms with E-state index in [1.54, 1.807) is 0 Å². The zero-order valence-electron chi connectivity index (χ0n) is 7.68. The van der Waals surface area contributed by atoms with Gasteiger partial charge in [-0.3, -0.25) is 5.41 Å². The van der Waals surface area contributed by atoms with Gasteiger partial charge < -0.3 is 4.90 Å². The molecule has 1 saturated carbocycles. The van der Waals surface area contributed by atoms with Crippen LogP contribution in [0.3, 0.4) is 0 Å². The van der Waals surface area contributed by atoms with Gasteiger partial charge in [0.05, 0.1) is 5.84 Å². The van der Waals surface area contributed by atoms with Crippen LogP contribution in [0.2, 0.25) is 0 Å². The molecule has 0 aromatic rings. The van der Waals surface area contributed by atoms with Gasteiger partial charge in [-0.05, 0) is 25.7 Å². The van der Waals surface area contributed by atoms with E-state index in [9.17, 15) is 0 Å². The molecule has 0 aromatic heterocycles. The average molecular weight is 166 g/mol. The van der Waals surface area contributed by atoms with E-state index in [0.717, 1.165) is 24.8 Å². The summed E-state index contributed by atoms with van der Waals surface area (Å²) in [6.45, 7) is 1.16. The molecule has 0 radical (unpaired) electrons. The van der Waals surface area contributed by atoms with E-state index in [2.05, 4.69) is 4.90 Å². The summed E-state index contributed by atoms with van der Waals surface area (Å²) in [4.78, 5) is 2.36. The van der Waals surface area contributed by atoms with Gasteiger partial charge in [0.1, 0.15) is 0 Å². The molecular formula is C10H18N2. The lowest BCUT2D eigenvalue weighted by Gasteiger charge is -2.34. The fourth-order valence-corrected chi connectivity index (χ4v) is 2.47. The second-order valence-corrected chi connectivity index (χ2v) is 4.04. The molecule has 68 valence electrons. The van der Waals surface area contributed by atoms with Crippen molar-refractivity contribution in [2.45, 2.75) is 51.0 Å². The van der Waals surface area contributed by atoms with E-state index in [1.807, 2.05) is 0 Å². The maximum absolute atomic E-state index is 7.84. The molecule has 1 aliphatic heterocycles. The van der Waals surface area contributed by atoms with Crippen LogP contribution in [0.4, 0.5) is 0 Å². The zero-order chi connectivity index (χ0) is 8.39. The molecule has 1 aliphatic carbocycles.